The maximum atomic E-state index is 2.08. The molecule has 0 saturated carbocycles. The summed E-state index contributed by atoms with van der Waals surface area (Å²) in [7, 11) is 0. The van der Waals surface area contributed by atoms with Gasteiger partial charge in [0.25, 0.3) is 0 Å². The van der Waals surface area contributed by atoms with Crippen LogP contribution in [0.15, 0.2) is 0 Å². The maximum absolute atomic E-state index is 2.08. The molecule has 0 amide bonds. The van der Waals surface area contributed by atoms with E-state index in [1.165, 1.54) is 5.92 Å². The first-order valence-corrected chi connectivity index (χ1v) is 1.50. The zero-order chi connectivity index (χ0) is 3.58. The van der Waals surface area contributed by atoms with Crippen LogP contribution < -0.4 is 0 Å². The molecule has 0 rings (SSSR count). The number of rotatable bonds is 0. The standard InChI is InChI=1S/C4H9.Rh/c1-4(2)3;/h1-3H3;/q-1;. The van der Waals surface area contributed by atoms with Gasteiger partial charge >= 0.3 is 0 Å². The van der Waals surface area contributed by atoms with Gasteiger partial charge in [-0.15, -0.1) is 0 Å². The molecule has 0 atom stereocenters. The van der Waals surface area contributed by atoms with Crippen molar-refractivity contribution in [1.82, 2.24) is 0 Å². The van der Waals surface area contributed by atoms with Gasteiger partial charge in [-0.3, -0.25) is 0 Å². The molecule has 0 spiro atoms. The van der Waals surface area contributed by atoms with Crippen molar-refractivity contribution < 1.29 is 19.5 Å². The van der Waals surface area contributed by atoms with E-state index in [-0.39, 0.29) is 19.5 Å². The Balaban J connectivity index is 0. The molecule has 0 nitrogen and oxygen atoms in total. The summed E-state index contributed by atoms with van der Waals surface area (Å²) in [5, 5.41) is 0. The molecule has 5 heavy (non-hydrogen) atoms. The van der Waals surface area contributed by atoms with Gasteiger partial charge in [0.2, 0.25) is 0 Å². The zero-order valence-electron chi connectivity index (χ0n) is 3.83. The van der Waals surface area contributed by atoms with E-state index in [1.807, 2.05) is 0 Å². The minimum absolute atomic E-state index is 0. The quantitative estimate of drug-likeness (QED) is 0.373. The molecule has 0 aromatic heterocycles. The summed E-state index contributed by atoms with van der Waals surface area (Å²) < 4.78 is 0. The molecule has 1 heteroatoms. The van der Waals surface area contributed by atoms with Crippen LogP contribution in [0.2, 0.25) is 0 Å². The number of hydrogen-bond acceptors (Lipinski definition) is 0. The topological polar surface area (TPSA) is 0 Å². The maximum Gasteiger partial charge on any atom is 0 e. The van der Waals surface area contributed by atoms with Gasteiger partial charge in [0.15, 0.2) is 0 Å². The average Bonchev–Trinajstić information content (AvgIpc) is 0.811. The smallest absolute Gasteiger partial charge is 0 e. The monoisotopic (exact) mass is 160 g/mol. The second-order valence-corrected chi connectivity index (χ2v) is 1.50. The predicted octanol–water partition coefficient (Wildman–Crippen LogP) is 1.62. The summed E-state index contributed by atoms with van der Waals surface area (Å²) in [6, 6.07) is 0. The van der Waals surface area contributed by atoms with E-state index in [0.29, 0.717) is 0 Å². The largest absolute Gasteiger partial charge is 0.323 e. The van der Waals surface area contributed by atoms with Gasteiger partial charge in [0.1, 0.15) is 0 Å². The Hall–Kier alpha value is 0.623. The van der Waals surface area contributed by atoms with E-state index in [0.717, 1.165) is 0 Å². The zero-order valence-corrected chi connectivity index (χ0v) is 5.47. The Morgan fingerprint density at radius 2 is 1.00 bits per heavy atom. The van der Waals surface area contributed by atoms with Crippen molar-refractivity contribution in [2.24, 2.45) is 0 Å². The Kier molecular flexibility index (Phi) is 8.47. The third kappa shape index (κ3) is 81.9. The summed E-state index contributed by atoms with van der Waals surface area (Å²) in [5.74, 6) is 1.42. The normalized spacial score (nSPS) is 7.20. The van der Waals surface area contributed by atoms with Gasteiger partial charge in [0.05, 0.1) is 0 Å². The molecule has 0 aliphatic heterocycles. The molecule has 0 heterocycles. The molecular formula is C4H9Rh-. The first-order valence-electron chi connectivity index (χ1n) is 1.50. The summed E-state index contributed by atoms with van der Waals surface area (Å²) in [4.78, 5) is 0. The van der Waals surface area contributed by atoms with E-state index in [4.69, 9.17) is 0 Å². The molecule has 0 N–H and O–H groups in total. The Bertz CT molecular complexity index is 8.36. The number of hydrogen-bond donors (Lipinski definition) is 0. The summed E-state index contributed by atoms with van der Waals surface area (Å²) in [6.07, 6.45) is 0. The van der Waals surface area contributed by atoms with Crippen molar-refractivity contribution in [2.75, 3.05) is 0 Å². The van der Waals surface area contributed by atoms with Gasteiger partial charge in [0, 0.05) is 19.5 Å². The summed E-state index contributed by atoms with van der Waals surface area (Å²) in [5.41, 5.74) is 0. The fraction of sp³-hybridized carbons (Fsp3) is 0.750. The van der Waals surface area contributed by atoms with Crippen molar-refractivity contribution in [1.29, 1.82) is 0 Å². The average molecular weight is 160 g/mol. The van der Waals surface area contributed by atoms with E-state index in [1.54, 1.807) is 0 Å². The van der Waals surface area contributed by atoms with Crippen LogP contribution in [0.1, 0.15) is 20.8 Å². The SMILES string of the molecule is C[C-](C)C.[Rh]. The van der Waals surface area contributed by atoms with Crippen LogP contribution in [-0.2, 0) is 19.5 Å². The molecule has 0 aromatic carbocycles. The van der Waals surface area contributed by atoms with Gasteiger partial charge in [-0.05, 0) is 0 Å². The van der Waals surface area contributed by atoms with Gasteiger partial charge in [-0.25, -0.2) is 0 Å². The Labute approximate surface area is 46.7 Å². The van der Waals surface area contributed by atoms with E-state index >= 15 is 0 Å². The van der Waals surface area contributed by atoms with Crippen molar-refractivity contribution in [3.8, 4) is 0 Å². The molecule has 0 aliphatic carbocycles. The van der Waals surface area contributed by atoms with E-state index in [2.05, 4.69) is 20.8 Å². The molecule has 0 aromatic rings. The van der Waals surface area contributed by atoms with Gasteiger partial charge < -0.3 is 5.92 Å². The molecular weight excluding hydrogens is 151 g/mol. The van der Waals surface area contributed by atoms with Crippen molar-refractivity contribution in [3.05, 3.63) is 5.92 Å². The molecule has 0 bridgehead atoms. The van der Waals surface area contributed by atoms with Crippen molar-refractivity contribution in [2.45, 2.75) is 20.8 Å². The van der Waals surface area contributed by atoms with Crippen molar-refractivity contribution in [3.63, 3.8) is 0 Å². The fourth-order valence-corrected chi connectivity index (χ4v) is 0. The second-order valence-electron chi connectivity index (χ2n) is 1.50. The minimum Gasteiger partial charge on any atom is -0.323 e. The van der Waals surface area contributed by atoms with Crippen LogP contribution in [0.4, 0.5) is 0 Å². The van der Waals surface area contributed by atoms with Crippen LogP contribution >= 0.6 is 0 Å². The van der Waals surface area contributed by atoms with E-state index < -0.39 is 0 Å². The van der Waals surface area contributed by atoms with Gasteiger partial charge in [-0.1, -0.05) is 0 Å². The van der Waals surface area contributed by atoms with Crippen LogP contribution in [0.25, 0.3) is 0 Å². The molecule has 1 radical (unpaired) electrons. The Morgan fingerprint density at radius 3 is 1.00 bits per heavy atom. The third-order valence-electron chi connectivity index (χ3n) is 0. The molecule has 0 saturated heterocycles. The molecule has 0 fully saturated rings. The van der Waals surface area contributed by atoms with Crippen LogP contribution in [0.3, 0.4) is 0 Å². The van der Waals surface area contributed by atoms with E-state index in [9.17, 15) is 0 Å². The molecule has 35 valence electrons. The summed E-state index contributed by atoms with van der Waals surface area (Å²) >= 11 is 0. The first kappa shape index (κ1) is 9.16. The third-order valence-corrected chi connectivity index (χ3v) is 0. The Morgan fingerprint density at radius 1 is 1.00 bits per heavy atom. The van der Waals surface area contributed by atoms with Crippen molar-refractivity contribution >= 4 is 0 Å². The first-order chi connectivity index (χ1) is 1.73. The molecule has 0 unspecified atom stereocenters. The minimum atomic E-state index is 0. The van der Waals surface area contributed by atoms with Crippen LogP contribution in [0.5, 0.6) is 0 Å². The second kappa shape index (κ2) is 4.62. The van der Waals surface area contributed by atoms with Crippen LogP contribution in [0, 0.1) is 5.92 Å². The molecule has 0 aliphatic rings. The fourth-order valence-electron chi connectivity index (χ4n) is 0. The summed E-state index contributed by atoms with van der Waals surface area (Å²) in [6.45, 7) is 6.25. The van der Waals surface area contributed by atoms with Gasteiger partial charge in [-0.2, -0.15) is 20.8 Å². The predicted molar refractivity (Wildman–Crippen MR) is 20.3 cm³/mol. The van der Waals surface area contributed by atoms with Crippen LogP contribution in [-0.4, -0.2) is 0 Å².